The SMILES string of the molecule is CC(Nc1nccc(N)n1)c1nncn1C. The minimum Gasteiger partial charge on any atom is -0.384 e. The predicted octanol–water partition coefficient (Wildman–Crippen LogP) is 0.360. The fourth-order valence-corrected chi connectivity index (χ4v) is 1.38. The van der Waals surface area contributed by atoms with Gasteiger partial charge in [-0.05, 0) is 13.0 Å². The first-order valence-electron chi connectivity index (χ1n) is 4.86. The largest absolute Gasteiger partial charge is 0.384 e. The van der Waals surface area contributed by atoms with Gasteiger partial charge < -0.3 is 15.6 Å². The molecule has 0 saturated heterocycles. The van der Waals surface area contributed by atoms with Gasteiger partial charge in [-0.1, -0.05) is 0 Å². The Hall–Kier alpha value is -2.18. The van der Waals surface area contributed by atoms with Gasteiger partial charge in [-0.2, -0.15) is 4.98 Å². The molecule has 0 amide bonds. The van der Waals surface area contributed by atoms with E-state index in [1.54, 1.807) is 18.6 Å². The van der Waals surface area contributed by atoms with Crippen molar-refractivity contribution in [3.63, 3.8) is 0 Å². The van der Waals surface area contributed by atoms with Crippen LogP contribution >= 0.6 is 0 Å². The van der Waals surface area contributed by atoms with Crippen LogP contribution in [0.25, 0.3) is 0 Å². The Morgan fingerprint density at radius 2 is 2.31 bits per heavy atom. The molecule has 0 saturated carbocycles. The van der Waals surface area contributed by atoms with E-state index in [0.717, 1.165) is 5.82 Å². The Labute approximate surface area is 92.7 Å². The summed E-state index contributed by atoms with van der Waals surface area (Å²) in [6, 6.07) is 1.60. The van der Waals surface area contributed by atoms with Crippen LogP contribution in [0.5, 0.6) is 0 Å². The number of hydrogen-bond acceptors (Lipinski definition) is 6. The number of anilines is 2. The van der Waals surface area contributed by atoms with Crippen LogP contribution in [0.15, 0.2) is 18.6 Å². The predicted molar refractivity (Wildman–Crippen MR) is 59.5 cm³/mol. The summed E-state index contributed by atoms with van der Waals surface area (Å²) >= 11 is 0. The molecule has 7 heteroatoms. The smallest absolute Gasteiger partial charge is 0.225 e. The Morgan fingerprint density at radius 1 is 1.50 bits per heavy atom. The first-order valence-corrected chi connectivity index (χ1v) is 4.86. The van der Waals surface area contributed by atoms with Crippen LogP contribution in [-0.4, -0.2) is 24.7 Å². The van der Waals surface area contributed by atoms with E-state index in [9.17, 15) is 0 Å². The first-order chi connectivity index (χ1) is 7.66. The zero-order chi connectivity index (χ0) is 11.5. The molecule has 0 radical (unpaired) electrons. The number of nitrogen functional groups attached to an aromatic ring is 1. The normalized spacial score (nSPS) is 12.4. The molecule has 0 bridgehead atoms. The van der Waals surface area contributed by atoms with Crippen molar-refractivity contribution in [2.24, 2.45) is 7.05 Å². The summed E-state index contributed by atoms with van der Waals surface area (Å²) in [6.07, 6.45) is 3.25. The van der Waals surface area contributed by atoms with Crippen LogP contribution in [0, 0.1) is 0 Å². The Kier molecular flexibility index (Phi) is 2.67. The fourth-order valence-electron chi connectivity index (χ4n) is 1.38. The zero-order valence-electron chi connectivity index (χ0n) is 9.12. The Morgan fingerprint density at radius 3 is 2.94 bits per heavy atom. The molecule has 3 N–H and O–H groups in total. The third kappa shape index (κ3) is 2.08. The van der Waals surface area contributed by atoms with Gasteiger partial charge in [0.05, 0.1) is 6.04 Å². The van der Waals surface area contributed by atoms with Crippen LogP contribution in [0.4, 0.5) is 11.8 Å². The van der Waals surface area contributed by atoms with Crippen molar-refractivity contribution in [1.82, 2.24) is 24.7 Å². The molecule has 2 aromatic rings. The molecule has 16 heavy (non-hydrogen) atoms. The number of aryl methyl sites for hydroxylation is 1. The molecule has 2 rings (SSSR count). The molecule has 0 aromatic carbocycles. The lowest BCUT2D eigenvalue weighted by molar-refractivity contribution is 0.713. The number of nitrogens with two attached hydrogens (primary N) is 1. The minimum atomic E-state index is -0.0331. The van der Waals surface area contributed by atoms with Gasteiger partial charge in [-0.25, -0.2) is 4.98 Å². The van der Waals surface area contributed by atoms with Crippen molar-refractivity contribution in [2.75, 3.05) is 11.1 Å². The quantitative estimate of drug-likeness (QED) is 0.774. The molecule has 0 aliphatic carbocycles. The van der Waals surface area contributed by atoms with E-state index >= 15 is 0 Å². The number of aromatic nitrogens is 5. The molecule has 0 spiro atoms. The molecule has 0 aliphatic heterocycles. The maximum absolute atomic E-state index is 5.56. The van der Waals surface area contributed by atoms with Gasteiger partial charge in [0.2, 0.25) is 5.95 Å². The van der Waals surface area contributed by atoms with Crippen molar-refractivity contribution < 1.29 is 0 Å². The van der Waals surface area contributed by atoms with E-state index in [1.807, 2.05) is 18.5 Å². The highest BCUT2D eigenvalue weighted by Crippen LogP contribution is 2.13. The molecule has 0 aliphatic rings. The van der Waals surface area contributed by atoms with E-state index < -0.39 is 0 Å². The zero-order valence-corrected chi connectivity index (χ0v) is 9.12. The first kappa shape index (κ1) is 10.3. The van der Waals surface area contributed by atoms with Crippen molar-refractivity contribution in [3.05, 3.63) is 24.4 Å². The molecule has 1 unspecified atom stereocenters. The van der Waals surface area contributed by atoms with E-state index in [0.29, 0.717) is 11.8 Å². The number of rotatable bonds is 3. The molecule has 7 nitrogen and oxygen atoms in total. The minimum absolute atomic E-state index is 0.0331. The lowest BCUT2D eigenvalue weighted by Gasteiger charge is -2.12. The van der Waals surface area contributed by atoms with Gasteiger partial charge in [0.1, 0.15) is 12.1 Å². The lowest BCUT2D eigenvalue weighted by Crippen LogP contribution is -2.14. The Balaban J connectivity index is 2.14. The van der Waals surface area contributed by atoms with Crippen LogP contribution in [0.2, 0.25) is 0 Å². The van der Waals surface area contributed by atoms with E-state index in [2.05, 4.69) is 25.5 Å². The van der Waals surface area contributed by atoms with Crippen molar-refractivity contribution in [3.8, 4) is 0 Å². The number of hydrogen-bond donors (Lipinski definition) is 2. The Bertz CT molecular complexity index is 478. The third-order valence-corrected chi connectivity index (χ3v) is 2.16. The average molecular weight is 219 g/mol. The summed E-state index contributed by atoms with van der Waals surface area (Å²) in [5.41, 5.74) is 5.56. The van der Waals surface area contributed by atoms with E-state index in [-0.39, 0.29) is 6.04 Å². The molecule has 84 valence electrons. The second-order valence-corrected chi connectivity index (χ2v) is 3.47. The highest BCUT2D eigenvalue weighted by Gasteiger charge is 2.11. The topological polar surface area (TPSA) is 94.5 Å². The summed E-state index contributed by atoms with van der Waals surface area (Å²) in [5, 5.41) is 10.9. The molecule has 1 atom stereocenters. The second kappa shape index (κ2) is 4.13. The van der Waals surface area contributed by atoms with Crippen molar-refractivity contribution in [1.29, 1.82) is 0 Å². The van der Waals surface area contributed by atoms with Crippen LogP contribution in [-0.2, 0) is 7.05 Å². The molecule has 2 heterocycles. The van der Waals surface area contributed by atoms with E-state index in [1.165, 1.54) is 0 Å². The lowest BCUT2D eigenvalue weighted by atomic mass is 10.3. The van der Waals surface area contributed by atoms with Gasteiger partial charge in [0.15, 0.2) is 5.82 Å². The van der Waals surface area contributed by atoms with Crippen LogP contribution < -0.4 is 11.1 Å². The number of nitrogens with one attached hydrogen (secondary N) is 1. The molecular formula is C9H13N7. The van der Waals surface area contributed by atoms with Gasteiger partial charge >= 0.3 is 0 Å². The summed E-state index contributed by atoms with van der Waals surface area (Å²) < 4.78 is 1.84. The molecule has 2 aromatic heterocycles. The van der Waals surface area contributed by atoms with Crippen molar-refractivity contribution >= 4 is 11.8 Å². The van der Waals surface area contributed by atoms with Crippen molar-refractivity contribution in [2.45, 2.75) is 13.0 Å². The maximum atomic E-state index is 5.56. The fraction of sp³-hybridized carbons (Fsp3) is 0.333. The van der Waals surface area contributed by atoms with E-state index in [4.69, 9.17) is 5.73 Å². The molecule has 0 fully saturated rings. The standard InChI is InChI=1S/C9H13N7/c1-6(8-15-12-5-16(8)2)13-9-11-4-3-7(10)14-9/h3-6H,1-2H3,(H3,10,11,13,14). The van der Waals surface area contributed by atoms with Crippen LogP contribution in [0.1, 0.15) is 18.8 Å². The highest BCUT2D eigenvalue weighted by atomic mass is 15.3. The average Bonchev–Trinajstić information content (AvgIpc) is 2.64. The summed E-state index contributed by atoms with van der Waals surface area (Å²) in [5.74, 6) is 1.73. The van der Waals surface area contributed by atoms with Gasteiger partial charge in [-0.15, -0.1) is 10.2 Å². The third-order valence-electron chi connectivity index (χ3n) is 2.16. The van der Waals surface area contributed by atoms with Crippen LogP contribution in [0.3, 0.4) is 0 Å². The monoisotopic (exact) mass is 219 g/mol. The van der Waals surface area contributed by atoms with Gasteiger partial charge in [0.25, 0.3) is 0 Å². The maximum Gasteiger partial charge on any atom is 0.225 e. The van der Waals surface area contributed by atoms with Gasteiger partial charge in [-0.3, -0.25) is 0 Å². The second-order valence-electron chi connectivity index (χ2n) is 3.47. The highest BCUT2D eigenvalue weighted by molar-refractivity contribution is 5.36. The summed E-state index contributed by atoms with van der Waals surface area (Å²) in [6.45, 7) is 1.95. The summed E-state index contributed by atoms with van der Waals surface area (Å²) in [4.78, 5) is 8.11. The summed E-state index contributed by atoms with van der Waals surface area (Å²) in [7, 11) is 1.88. The molecular weight excluding hydrogens is 206 g/mol. The van der Waals surface area contributed by atoms with Gasteiger partial charge in [0, 0.05) is 13.2 Å². The number of nitrogens with zero attached hydrogens (tertiary/aromatic N) is 5.